The third kappa shape index (κ3) is 4.33. The van der Waals surface area contributed by atoms with Crippen LogP contribution < -0.4 is 5.32 Å². The van der Waals surface area contributed by atoms with Crippen LogP contribution in [0, 0.1) is 5.92 Å². The third-order valence-electron chi connectivity index (χ3n) is 5.58. The van der Waals surface area contributed by atoms with E-state index < -0.39 is 0 Å². The molecule has 1 aromatic carbocycles. The van der Waals surface area contributed by atoms with Crippen molar-refractivity contribution in [2.75, 3.05) is 0 Å². The van der Waals surface area contributed by atoms with Crippen LogP contribution in [0.25, 0.3) is 0 Å². The molecule has 24 heavy (non-hydrogen) atoms. The smallest absolute Gasteiger partial charge is 0.223 e. The van der Waals surface area contributed by atoms with Crippen molar-refractivity contribution in [2.24, 2.45) is 5.92 Å². The lowest BCUT2D eigenvalue weighted by Crippen LogP contribution is -2.40. The molecule has 0 aromatic heterocycles. The molecule has 0 spiro atoms. The first-order chi connectivity index (χ1) is 11.2. The second kappa shape index (κ2) is 7.76. The van der Waals surface area contributed by atoms with Gasteiger partial charge in [-0.05, 0) is 62.1 Å². The average molecular weight is 414 g/mol. The van der Waals surface area contributed by atoms with Crippen molar-refractivity contribution < 1.29 is 4.79 Å². The molecule has 3 aliphatic rings. The fraction of sp³-hybridized carbons (Fsp3) is 0.632. The maximum Gasteiger partial charge on any atom is 0.223 e. The molecule has 1 aromatic rings. The first-order valence-electron chi connectivity index (χ1n) is 8.97. The van der Waals surface area contributed by atoms with Gasteiger partial charge in [-0.25, -0.2) is 0 Å². The Hall–Kier alpha value is -0.580. The predicted molar refractivity (Wildman–Crippen MR) is 102 cm³/mol. The van der Waals surface area contributed by atoms with Gasteiger partial charge in [-0.15, -0.1) is 12.4 Å². The molecule has 2 bridgehead atoms. The van der Waals surface area contributed by atoms with Crippen LogP contribution in [-0.2, 0) is 11.3 Å². The maximum atomic E-state index is 12.9. The Morgan fingerprint density at radius 2 is 1.88 bits per heavy atom. The number of carbonyl (C=O) groups is 1. The van der Waals surface area contributed by atoms with Crippen molar-refractivity contribution in [1.29, 1.82) is 0 Å². The van der Waals surface area contributed by atoms with Crippen molar-refractivity contribution >= 4 is 34.2 Å². The number of hydrogen-bond donors (Lipinski definition) is 1. The molecule has 3 fully saturated rings. The standard InChI is InChI=1S/C19H25BrN2O.ClH/c20-15-3-1-2-13(8-15)12-22(18-6-7-18)19(23)11-14-9-16-4-5-17(10-14)21-16;/h1-3,8,14,16-18,21H,4-7,9-12H2;1H. The summed E-state index contributed by atoms with van der Waals surface area (Å²) in [6.45, 7) is 0.765. The number of piperidine rings is 1. The highest BCUT2D eigenvalue weighted by Crippen LogP contribution is 2.35. The van der Waals surface area contributed by atoms with Gasteiger partial charge in [0.2, 0.25) is 5.91 Å². The van der Waals surface area contributed by atoms with Gasteiger partial charge in [0.15, 0.2) is 0 Å². The molecule has 3 nitrogen and oxygen atoms in total. The summed E-state index contributed by atoms with van der Waals surface area (Å²) in [4.78, 5) is 15.1. The highest BCUT2D eigenvalue weighted by Gasteiger charge is 2.37. The van der Waals surface area contributed by atoms with Gasteiger partial charge in [-0.3, -0.25) is 4.79 Å². The molecule has 2 heterocycles. The van der Waals surface area contributed by atoms with Crippen LogP contribution in [-0.4, -0.2) is 28.9 Å². The van der Waals surface area contributed by atoms with E-state index in [-0.39, 0.29) is 12.4 Å². The van der Waals surface area contributed by atoms with Crippen molar-refractivity contribution in [3.63, 3.8) is 0 Å². The van der Waals surface area contributed by atoms with E-state index in [1.165, 1.54) is 44.1 Å². The Kier molecular flexibility index (Phi) is 5.89. The molecule has 4 rings (SSSR count). The molecule has 5 heteroatoms. The van der Waals surface area contributed by atoms with E-state index in [2.05, 4.69) is 44.3 Å². The van der Waals surface area contributed by atoms with E-state index in [4.69, 9.17) is 0 Å². The number of halogens is 2. The van der Waals surface area contributed by atoms with E-state index in [0.717, 1.165) is 17.4 Å². The van der Waals surface area contributed by atoms with Crippen LogP contribution in [0.3, 0.4) is 0 Å². The number of carbonyl (C=O) groups excluding carboxylic acids is 1. The summed E-state index contributed by atoms with van der Waals surface area (Å²) in [5, 5.41) is 3.67. The van der Waals surface area contributed by atoms with E-state index >= 15 is 0 Å². The number of rotatable bonds is 5. The number of hydrogen-bond acceptors (Lipinski definition) is 2. The van der Waals surface area contributed by atoms with Crippen molar-refractivity contribution in [3.05, 3.63) is 34.3 Å². The van der Waals surface area contributed by atoms with E-state index in [1.54, 1.807) is 0 Å². The lowest BCUT2D eigenvalue weighted by Gasteiger charge is -2.31. The predicted octanol–water partition coefficient (Wildman–Crippen LogP) is 4.28. The Labute approximate surface area is 159 Å². The van der Waals surface area contributed by atoms with Crippen LogP contribution in [0.15, 0.2) is 28.7 Å². The van der Waals surface area contributed by atoms with Crippen molar-refractivity contribution in [3.8, 4) is 0 Å². The second-order valence-corrected chi connectivity index (χ2v) is 8.48. The monoisotopic (exact) mass is 412 g/mol. The largest absolute Gasteiger partial charge is 0.335 e. The zero-order chi connectivity index (χ0) is 15.8. The molecule has 2 atom stereocenters. The minimum absolute atomic E-state index is 0. The molecule has 0 radical (unpaired) electrons. The Bertz CT molecular complexity index is 580. The van der Waals surface area contributed by atoms with Crippen LogP contribution >= 0.6 is 28.3 Å². The van der Waals surface area contributed by atoms with Gasteiger partial charge in [-0.2, -0.15) is 0 Å². The van der Waals surface area contributed by atoms with Gasteiger partial charge in [0, 0.05) is 35.6 Å². The van der Waals surface area contributed by atoms with Crippen molar-refractivity contribution in [1.82, 2.24) is 10.2 Å². The molecule has 1 saturated carbocycles. The normalized spacial score (nSPS) is 28.3. The molecule has 2 aliphatic heterocycles. The number of nitrogens with one attached hydrogen (secondary N) is 1. The molecule has 2 unspecified atom stereocenters. The molecule has 1 amide bonds. The number of amides is 1. The summed E-state index contributed by atoms with van der Waals surface area (Å²) in [5.41, 5.74) is 1.23. The molecule has 1 N–H and O–H groups in total. The molecular formula is C19H26BrClN2O. The van der Waals surface area contributed by atoms with E-state index in [1.807, 2.05) is 6.07 Å². The lowest BCUT2D eigenvalue weighted by atomic mass is 9.89. The summed E-state index contributed by atoms with van der Waals surface area (Å²) in [6, 6.07) is 10.2. The van der Waals surface area contributed by atoms with Gasteiger partial charge >= 0.3 is 0 Å². The zero-order valence-electron chi connectivity index (χ0n) is 13.9. The SMILES string of the molecule is Cl.O=C(CC1CC2CCC(C1)N2)N(Cc1cccc(Br)c1)C1CC1. The first kappa shape index (κ1) is 18.2. The highest BCUT2D eigenvalue weighted by molar-refractivity contribution is 9.10. The fourth-order valence-electron chi connectivity index (χ4n) is 4.35. The Balaban J connectivity index is 0.00000169. The summed E-state index contributed by atoms with van der Waals surface area (Å²) in [5.74, 6) is 0.962. The quantitative estimate of drug-likeness (QED) is 0.781. The Morgan fingerprint density at radius 1 is 1.17 bits per heavy atom. The van der Waals surface area contributed by atoms with Gasteiger partial charge in [0.1, 0.15) is 0 Å². The van der Waals surface area contributed by atoms with E-state index in [9.17, 15) is 4.79 Å². The van der Waals surface area contributed by atoms with Crippen LogP contribution in [0.4, 0.5) is 0 Å². The minimum atomic E-state index is 0. The second-order valence-electron chi connectivity index (χ2n) is 7.56. The maximum absolute atomic E-state index is 12.9. The Morgan fingerprint density at radius 3 is 2.50 bits per heavy atom. The van der Waals surface area contributed by atoms with Gasteiger partial charge in [0.05, 0.1) is 0 Å². The van der Waals surface area contributed by atoms with Crippen LogP contribution in [0.1, 0.15) is 50.5 Å². The van der Waals surface area contributed by atoms with Gasteiger partial charge in [-0.1, -0.05) is 28.1 Å². The minimum Gasteiger partial charge on any atom is -0.335 e. The molecular weight excluding hydrogens is 388 g/mol. The summed E-state index contributed by atoms with van der Waals surface area (Å²) in [6.07, 6.45) is 8.10. The third-order valence-corrected chi connectivity index (χ3v) is 6.08. The zero-order valence-corrected chi connectivity index (χ0v) is 16.3. The molecule has 1 aliphatic carbocycles. The fourth-order valence-corrected chi connectivity index (χ4v) is 4.79. The molecule has 2 saturated heterocycles. The number of fused-ring (bicyclic) bond motifs is 2. The van der Waals surface area contributed by atoms with Crippen LogP contribution in [0.2, 0.25) is 0 Å². The highest BCUT2D eigenvalue weighted by atomic mass is 79.9. The van der Waals surface area contributed by atoms with Crippen LogP contribution in [0.5, 0.6) is 0 Å². The topological polar surface area (TPSA) is 32.3 Å². The van der Waals surface area contributed by atoms with Gasteiger partial charge < -0.3 is 10.2 Å². The van der Waals surface area contributed by atoms with E-state index in [0.29, 0.717) is 30.0 Å². The average Bonchev–Trinajstić information content (AvgIpc) is 3.30. The summed E-state index contributed by atoms with van der Waals surface area (Å²) >= 11 is 3.53. The number of nitrogens with zero attached hydrogens (tertiary/aromatic N) is 1. The summed E-state index contributed by atoms with van der Waals surface area (Å²) in [7, 11) is 0. The number of benzene rings is 1. The molecule has 132 valence electrons. The lowest BCUT2D eigenvalue weighted by molar-refractivity contribution is -0.133. The summed E-state index contributed by atoms with van der Waals surface area (Å²) < 4.78 is 1.09. The van der Waals surface area contributed by atoms with Crippen molar-refractivity contribution in [2.45, 2.75) is 69.6 Å². The van der Waals surface area contributed by atoms with Gasteiger partial charge in [0.25, 0.3) is 0 Å². The first-order valence-corrected chi connectivity index (χ1v) is 9.76.